The molecule has 3 aromatic rings. The van der Waals surface area contributed by atoms with Gasteiger partial charge < -0.3 is 5.32 Å². The third-order valence-corrected chi connectivity index (χ3v) is 3.86. The molecule has 0 bridgehead atoms. The molecule has 0 aliphatic heterocycles. The summed E-state index contributed by atoms with van der Waals surface area (Å²) < 4.78 is 1.05. The van der Waals surface area contributed by atoms with Crippen molar-refractivity contribution >= 4 is 49.8 Å². The fourth-order valence-electron chi connectivity index (χ4n) is 2.06. The van der Waals surface area contributed by atoms with Gasteiger partial charge in [0.1, 0.15) is 0 Å². The predicted octanol–water partition coefficient (Wildman–Crippen LogP) is 5.10. The second-order valence-corrected chi connectivity index (χ2v) is 5.74. The normalized spacial score (nSPS) is 10.8. The van der Waals surface area contributed by atoms with Crippen LogP contribution in [0, 0.1) is 6.92 Å². The van der Waals surface area contributed by atoms with Gasteiger partial charge in [0.25, 0.3) is 0 Å². The van der Waals surface area contributed by atoms with E-state index in [1.165, 1.54) is 0 Å². The highest BCUT2D eigenvalue weighted by Gasteiger charge is 2.08. The number of rotatable bonds is 2. The minimum atomic E-state index is 0.415. The Labute approximate surface area is 130 Å². The van der Waals surface area contributed by atoms with Crippen molar-refractivity contribution in [2.45, 2.75) is 6.92 Å². The predicted molar refractivity (Wildman–Crippen MR) is 86.7 cm³/mol. The molecule has 0 unspecified atom stereocenters. The zero-order valence-corrected chi connectivity index (χ0v) is 13.0. The van der Waals surface area contributed by atoms with E-state index in [-0.39, 0.29) is 0 Å². The molecule has 100 valence electrons. The summed E-state index contributed by atoms with van der Waals surface area (Å²) >= 11 is 9.53. The molecular formula is C15H11BrClN3. The number of aryl methyl sites for hydroxylation is 1. The maximum absolute atomic E-state index is 6.08. The van der Waals surface area contributed by atoms with Gasteiger partial charge in [0, 0.05) is 20.9 Å². The molecule has 3 rings (SSSR count). The third kappa shape index (κ3) is 2.49. The van der Waals surface area contributed by atoms with Gasteiger partial charge >= 0.3 is 0 Å². The Kier molecular flexibility index (Phi) is 3.59. The summed E-state index contributed by atoms with van der Waals surface area (Å²) in [5.74, 6) is 0.704. The summed E-state index contributed by atoms with van der Waals surface area (Å²) in [5, 5.41) is 13.7. The van der Waals surface area contributed by atoms with E-state index in [4.69, 9.17) is 11.6 Å². The van der Waals surface area contributed by atoms with Crippen molar-refractivity contribution in [3.63, 3.8) is 0 Å². The highest BCUT2D eigenvalue weighted by molar-refractivity contribution is 9.10. The lowest BCUT2D eigenvalue weighted by molar-refractivity contribution is 1.05. The number of halogens is 2. The maximum atomic E-state index is 6.08. The van der Waals surface area contributed by atoms with Crippen LogP contribution in [0.4, 0.5) is 11.5 Å². The van der Waals surface area contributed by atoms with E-state index in [1.54, 1.807) is 0 Å². The van der Waals surface area contributed by atoms with Gasteiger partial charge in [-0.25, -0.2) is 0 Å². The standard InChI is InChI=1S/C15H11BrClN3/c1-9-8-10(16)6-7-13(9)18-15-12-5-3-2-4-11(12)14(17)19-20-15/h2-8H,1H3,(H,18,20). The van der Waals surface area contributed by atoms with Crippen LogP contribution in [-0.2, 0) is 0 Å². The van der Waals surface area contributed by atoms with E-state index < -0.39 is 0 Å². The minimum Gasteiger partial charge on any atom is -0.338 e. The van der Waals surface area contributed by atoms with Crippen molar-refractivity contribution in [2.75, 3.05) is 5.32 Å². The summed E-state index contributed by atoms with van der Waals surface area (Å²) in [6.07, 6.45) is 0. The second-order valence-electron chi connectivity index (χ2n) is 4.47. The topological polar surface area (TPSA) is 37.8 Å². The van der Waals surface area contributed by atoms with E-state index in [2.05, 4.69) is 31.4 Å². The molecule has 0 fully saturated rings. The van der Waals surface area contributed by atoms with Crippen LogP contribution in [-0.4, -0.2) is 10.2 Å². The molecule has 5 heteroatoms. The fourth-order valence-corrected chi connectivity index (χ4v) is 2.74. The molecule has 0 saturated heterocycles. The zero-order chi connectivity index (χ0) is 14.1. The van der Waals surface area contributed by atoms with Gasteiger partial charge in [-0.3, -0.25) is 0 Å². The Morgan fingerprint density at radius 2 is 1.80 bits per heavy atom. The van der Waals surface area contributed by atoms with Crippen LogP contribution >= 0.6 is 27.5 Å². The van der Waals surface area contributed by atoms with Crippen molar-refractivity contribution in [3.05, 3.63) is 57.7 Å². The van der Waals surface area contributed by atoms with Crippen LogP contribution in [0.5, 0.6) is 0 Å². The van der Waals surface area contributed by atoms with E-state index in [9.17, 15) is 0 Å². The molecule has 0 amide bonds. The Bertz CT molecular complexity index is 789. The van der Waals surface area contributed by atoms with Crippen LogP contribution in [0.25, 0.3) is 10.8 Å². The monoisotopic (exact) mass is 347 g/mol. The van der Waals surface area contributed by atoms with Gasteiger partial charge in [-0.1, -0.05) is 51.8 Å². The Morgan fingerprint density at radius 3 is 2.55 bits per heavy atom. The minimum absolute atomic E-state index is 0.415. The van der Waals surface area contributed by atoms with Crippen molar-refractivity contribution in [1.29, 1.82) is 0 Å². The maximum Gasteiger partial charge on any atom is 0.161 e. The number of anilines is 2. The second kappa shape index (κ2) is 5.38. The van der Waals surface area contributed by atoms with Crippen LogP contribution in [0.1, 0.15) is 5.56 Å². The molecule has 20 heavy (non-hydrogen) atoms. The lowest BCUT2D eigenvalue weighted by atomic mass is 10.1. The first-order chi connectivity index (χ1) is 9.65. The third-order valence-electron chi connectivity index (χ3n) is 3.08. The molecule has 1 N–H and O–H groups in total. The SMILES string of the molecule is Cc1cc(Br)ccc1Nc1nnc(Cl)c2ccccc12. The zero-order valence-electron chi connectivity index (χ0n) is 10.7. The van der Waals surface area contributed by atoms with E-state index >= 15 is 0 Å². The Hall–Kier alpha value is -1.65. The fraction of sp³-hybridized carbons (Fsp3) is 0.0667. The van der Waals surface area contributed by atoms with Crippen molar-refractivity contribution in [3.8, 4) is 0 Å². The average molecular weight is 349 g/mol. The van der Waals surface area contributed by atoms with Gasteiger partial charge in [0.2, 0.25) is 0 Å². The smallest absolute Gasteiger partial charge is 0.161 e. The molecule has 0 aliphatic rings. The molecule has 0 saturated carbocycles. The Balaban J connectivity index is 2.09. The number of nitrogens with one attached hydrogen (secondary N) is 1. The van der Waals surface area contributed by atoms with Gasteiger partial charge in [0.15, 0.2) is 11.0 Å². The molecular weight excluding hydrogens is 338 g/mol. The first-order valence-corrected chi connectivity index (χ1v) is 7.26. The lowest BCUT2D eigenvalue weighted by Crippen LogP contribution is -1.99. The van der Waals surface area contributed by atoms with Crippen LogP contribution in [0.3, 0.4) is 0 Å². The van der Waals surface area contributed by atoms with Gasteiger partial charge in [-0.2, -0.15) is 0 Å². The average Bonchev–Trinajstić information content (AvgIpc) is 2.45. The first kappa shape index (κ1) is 13.3. The summed E-state index contributed by atoms with van der Waals surface area (Å²) in [7, 11) is 0. The van der Waals surface area contributed by atoms with E-state index in [1.807, 2.05) is 49.4 Å². The number of fused-ring (bicyclic) bond motifs is 1. The van der Waals surface area contributed by atoms with Crippen LogP contribution in [0.2, 0.25) is 5.15 Å². The number of hydrogen-bond donors (Lipinski definition) is 1. The summed E-state index contributed by atoms with van der Waals surface area (Å²) in [5.41, 5.74) is 2.12. The van der Waals surface area contributed by atoms with Crippen molar-refractivity contribution < 1.29 is 0 Å². The first-order valence-electron chi connectivity index (χ1n) is 6.09. The number of aromatic nitrogens is 2. The van der Waals surface area contributed by atoms with Gasteiger partial charge in [-0.05, 0) is 30.7 Å². The highest BCUT2D eigenvalue weighted by atomic mass is 79.9. The number of hydrogen-bond acceptors (Lipinski definition) is 3. The quantitative estimate of drug-likeness (QED) is 0.700. The summed E-state index contributed by atoms with van der Waals surface area (Å²) in [4.78, 5) is 0. The highest BCUT2D eigenvalue weighted by Crippen LogP contribution is 2.29. The molecule has 1 aromatic heterocycles. The molecule has 2 aromatic carbocycles. The van der Waals surface area contributed by atoms with Crippen molar-refractivity contribution in [1.82, 2.24) is 10.2 Å². The number of benzene rings is 2. The molecule has 0 spiro atoms. The number of nitrogens with zero attached hydrogens (tertiary/aromatic N) is 2. The lowest BCUT2D eigenvalue weighted by Gasteiger charge is -2.11. The van der Waals surface area contributed by atoms with Gasteiger partial charge in [-0.15, -0.1) is 10.2 Å². The molecule has 0 radical (unpaired) electrons. The Morgan fingerprint density at radius 1 is 1.05 bits per heavy atom. The molecule has 0 atom stereocenters. The van der Waals surface area contributed by atoms with Gasteiger partial charge in [0.05, 0.1) is 0 Å². The summed E-state index contributed by atoms with van der Waals surface area (Å²) in [6, 6.07) is 13.8. The molecule has 3 nitrogen and oxygen atoms in total. The van der Waals surface area contributed by atoms with Crippen molar-refractivity contribution in [2.24, 2.45) is 0 Å². The van der Waals surface area contributed by atoms with Crippen LogP contribution in [0.15, 0.2) is 46.9 Å². The van der Waals surface area contributed by atoms with E-state index in [0.717, 1.165) is 26.5 Å². The van der Waals surface area contributed by atoms with Crippen LogP contribution < -0.4 is 5.32 Å². The molecule has 1 heterocycles. The van der Waals surface area contributed by atoms with E-state index in [0.29, 0.717) is 11.0 Å². The largest absolute Gasteiger partial charge is 0.338 e. The summed E-state index contributed by atoms with van der Waals surface area (Å²) in [6.45, 7) is 2.04. The molecule has 0 aliphatic carbocycles.